The molecular formula is C8H4FN3. The number of fused-ring (bicyclic) bond motifs is 1. The zero-order valence-corrected chi connectivity index (χ0v) is 6.03. The molecule has 2 aromatic heterocycles. The quantitative estimate of drug-likeness (QED) is 0.585. The largest absolute Gasteiger partial charge is 0.239 e. The van der Waals surface area contributed by atoms with Crippen molar-refractivity contribution < 1.29 is 4.39 Å². The highest BCUT2D eigenvalue weighted by atomic mass is 19.1. The average molecular weight is 161 g/mol. The predicted octanol–water partition coefficient (Wildman–Crippen LogP) is 1.35. The van der Waals surface area contributed by atoms with Gasteiger partial charge < -0.3 is 0 Å². The minimum Gasteiger partial charge on any atom is -0.239 e. The lowest BCUT2D eigenvalue weighted by Gasteiger charge is -1.94. The van der Waals surface area contributed by atoms with Gasteiger partial charge in [0.1, 0.15) is 17.4 Å². The number of halogens is 1. The Hall–Kier alpha value is -1.89. The fourth-order valence-corrected chi connectivity index (χ4v) is 1.02. The van der Waals surface area contributed by atoms with E-state index in [9.17, 15) is 4.39 Å². The molecule has 0 aliphatic heterocycles. The van der Waals surface area contributed by atoms with Crippen molar-refractivity contribution in [3.63, 3.8) is 0 Å². The second-order valence-electron chi connectivity index (χ2n) is 2.35. The number of rotatable bonds is 0. The zero-order chi connectivity index (χ0) is 8.55. The Morgan fingerprint density at radius 2 is 2.42 bits per heavy atom. The van der Waals surface area contributed by atoms with Gasteiger partial charge in [-0.25, -0.2) is 8.91 Å². The lowest BCUT2D eigenvalue weighted by molar-refractivity contribution is 0.621. The van der Waals surface area contributed by atoms with E-state index in [0.29, 0.717) is 5.52 Å². The van der Waals surface area contributed by atoms with Crippen molar-refractivity contribution in [1.29, 1.82) is 5.26 Å². The normalized spacial score (nSPS) is 10.0. The number of nitriles is 1. The number of aromatic nitrogens is 2. The highest BCUT2D eigenvalue weighted by Crippen LogP contribution is 2.09. The third-order valence-electron chi connectivity index (χ3n) is 1.60. The fourth-order valence-electron chi connectivity index (χ4n) is 1.02. The SMILES string of the molecule is N#Cc1cn2nccc2cc1F. The standard InChI is InChI=1S/C8H4FN3/c9-8-3-7-1-2-11-12(7)5-6(8)4-10/h1-3,5H. The second-order valence-corrected chi connectivity index (χ2v) is 2.35. The maximum Gasteiger partial charge on any atom is 0.144 e. The lowest BCUT2D eigenvalue weighted by atomic mass is 10.3. The van der Waals surface area contributed by atoms with Gasteiger partial charge >= 0.3 is 0 Å². The van der Waals surface area contributed by atoms with Crippen LogP contribution < -0.4 is 0 Å². The zero-order valence-electron chi connectivity index (χ0n) is 6.03. The summed E-state index contributed by atoms with van der Waals surface area (Å²) in [6.45, 7) is 0. The minimum atomic E-state index is -0.509. The summed E-state index contributed by atoms with van der Waals surface area (Å²) in [4.78, 5) is 0. The van der Waals surface area contributed by atoms with Crippen LogP contribution in [0.15, 0.2) is 24.5 Å². The van der Waals surface area contributed by atoms with E-state index in [1.807, 2.05) is 0 Å². The van der Waals surface area contributed by atoms with Gasteiger partial charge in [-0.3, -0.25) is 0 Å². The Labute approximate surface area is 67.7 Å². The van der Waals surface area contributed by atoms with Crippen LogP contribution in [0, 0.1) is 17.1 Å². The highest BCUT2D eigenvalue weighted by Gasteiger charge is 2.03. The third-order valence-corrected chi connectivity index (χ3v) is 1.60. The van der Waals surface area contributed by atoms with E-state index in [-0.39, 0.29) is 5.56 Å². The van der Waals surface area contributed by atoms with Gasteiger partial charge in [-0.2, -0.15) is 10.4 Å². The van der Waals surface area contributed by atoms with Crippen molar-refractivity contribution in [3.8, 4) is 6.07 Å². The first kappa shape index (κ1) is 6.80. The van der Waals surface area contributed by atoms with Crippen molar-refractivity contribution in [2.75, 3.05) is 0 Å². The van der Waals surface area contributed by atoms with E-state index in [4.69, 9.17) is 5.26 Å². The maximum absolute atomic E-state index is 12.9. The first-order valence-corrected chi connectivity index (χ1v) is 3.34. The summed E-state index contributed by atoms with van der Waals surface area (Å²) in [5.74, 6) is -0.509. The molecule has 0 spiro atoms. The van der Waals surface area contributed by atoms with Crippen molar-refractivity contribution in [1.82, 2.24) is 9.61 Å². The van der Waals surface area contributed by atoms with Crippen LogP contribution in [0.4, 0.5) is 4.39 Å². The van der Waals surface area contributed by atoms with E-state index in [0.717, 1.165) is 0 Å². The lowest BCUT2D eigenvalue weighted by Crippen LogP contribution is -1.91. The molecule has 3 nitrogen and oxygen atoms in total. The Bertz CT molecular complexity index is 467. The first-order chi connectivity index (χ1) is 5.81. The van der Waals surface area contributed by atoms with Crippen LogP contribution in [0.25, 0.3) is 5.52 Å². The summed E-state index contributed by atoms with van der Waals surface area (Å²) in [7, 11) is 0. The molecule has 2 aromatic rings. The molecule has 0 aliphatic carbocycles. The highest BCUT2D eigenvalue weighted by molar-refractivity contribution is 5.48. The molecule has 0 bridgehead atoms. The maximum atomic E-state index is 12.9. The Morgan fingerprint density at radius 1 is 1.58 bits per heavy atom. The number of hydrogen-bond acceptors (Lipinski definition) is 2. The van der Waals surface area contributed by atoms with E-state index in [1.165, 1.54) is 16.8 Å². The molecular weight excluding hydrogens is 157 g/mol. The molecule has 0 unspecified atom stereocenters. The summed E-state index contributed by atoms with van der Waals surface area (Å²) in [5, 5.41) is 12.4. The molecule has 58 valence electrons. The van der Waals surface area contributed by atoms with Crippen molar-refractivity contribution in [3.05, 3.63) is 35.9 Å². The summed E-state index contributed by atoms with van der Waals surface area (Å²) in [6.07, 6.45) is 2.92. The van der Waals surface area contributed by atoms with Gasteiger partial charge in [0.25, 0.3) is 0 Å². The van der Waals surface area contributed by atoms with Gasteiger partial charge in [0.2, 0.25) is 0 Å². The molecule has 0 N–H and O–H groups in total. The molecule has 0 fully saturated rings. The Balaban J connectivity index is 2.84. The molecule has 0 atom stereocenters. The van der Waals surface area contributed by atoms with Gasteiger partial charge in [0, 0.05) is 18.5 Å². The molecule has 0 saturated heterocycles. The number of pyridine rings is 1. The van der Waals surface area contributed by atoms with Crippen molar-refractivity contribution in [2.45, 2.75) is 0 Å². The van der Waals surface area contributed by atoms with Crippen LogP contribution in [0.3, 0.4) is 0 Å². The number of hydrogen-bond donors (Lipinski definition) is 0. The Morgan fingerprint density at radius 3 is 3.17 bits per heavy atom. The average Bonchev–Trinajstić information content (AvgIpc) is 2.49. The number of nitrogens with zero attached hydrogens (tertiary/aromatic N) is 3. The fraction of sp³-hybridized carbons (Fsp3) is 0. The topological polar surface area (TPSA) is 41.1 Å². The van der Waals surface area contributed by atoms with Crippen LogP contribution in [0.1, 0.15) is 5.56 Å². The van der Waals surface area contributed by atoms with E-state index in [1.54, 1.807) is 18.3 Å². The summed E-state index contributed by atoms with van der Waals surface area (Å²) >= 11 is 0. The molecule has 12 heavy (non-hydrogen) atoms. The van der Waals surface area contributed by atoms with E-state index >= 15 is 0 Å². The second kappa shape index (κ2) is 2.31. The van der Waals surface area contributed by atoms with Gasteiger partial charge in [0.05, 0.1) is 5.52 Å². The predicted molar refractivity (Wildman–Crippen MR) is 39.9 cm³/mol. The smallest absolute Gasteiger partial charge is 0.144 e. The molecule has 0 aromatic carbocycles. The van der Waals surface area contributed by atoms with Crippen LogP contribution in [0.2, 0.25) is 0 Å². The molecule has 2 heterocycles. The van der Waals surface area contributed by atoms with Gasteiger partial charge in [-0.15, -0.1) is 0 Å². The molecule has 0 radical (unpaired) electrons. The monoisotopic (exact) mass is 161 g/mol. The molecule has 2 rings (SSSR count). The summed E-state index contributed by atoms with van der Waals surface area (Å²) in [5.41, 5.74) is 0.651. The van der Waals surface area contributed by atoms with E-state index < -0.39 is 5.82 Å². The minimum absolute atomic E-state index is 0.00574. The molecule has 0 aliphatic rings. The van der Waals surface area contributed by atoms with Gasteiger partial charge in [-0.1, -0.05) is 0 Å². The van der Waals surface area contributed by atoms with Crippen molar-refractivity contribution in [2.24, 2.45) is 0 Å². The Kier molecular flexibility index (Phi) is 1.31. The molecule has 4 heteroatoms. The van der Waals surface area contributed by atoms with Crippen LogP contribution in [0.5, 0.6) is 0 Å². The van der Waals surface area contributed by atoms with E-state index in [2.05, 4.69) is 5.10 Å². The van der Waals surface area contributed by atoms with Crippen molar-refractivity contribution >= 4 is 5.52 Å². The summed E-state index contributed by atoms with van der Waals surface area (Å²) in [6, 6.07) is 4.70. The van der Waals surface area contributed by atoms with Crippen LogP contribution in [-0.2, 0) is 0 Å². The van der Waals surface area contributed by atoms with Crippen LogP contribution >= 0.6 is 0 Å². The molecule has 0 saturated carbocycles. The molecule has 0 amide bonds. The first-order valence-electron chi connectivity index (χ1n) is 3.34. The van der Waals surface area contributed by atoms with Gasteiger partial charge in [0.15, 0.2) is 0 Å². The third kappa shape index (κ3) is 0.839. The van der Waals surface area contributed by atoms with Gasteiger partial charge in [-0.05, 0) is 6.07 Å². The summed E-state index contributed by atoms with van der Waals surface area (Å²) < 4.78 is 14.4. The van der Waals surface area contributed by atoms with Crippen LogP contribution in [-0.4, -0.2) is 9.61 Å².